The van der Waals surface area contributed by atoms with Gasteiger partial charge in [-0.3, -0.25) is 14.9 Å². The molecular formula is C17H10F3N3O3S. The molecule has 1 saturated heterocycles. The molecule has 0 aromatic heterocycles. The number of carbonyl (C=O) groups is 1. The molecule has 1 heterocycles. The number of halogens is 3. The number of nitrogens with zero attached hydrogens (tertiary/aromatic N) is 2. The maximum atomic E-state index is 13.0. The molecule has 1 aliphatic rings. The van der Waals surface area contributed by atoms with Crippen molar-refractivity contribution in [2.24, 2.45) is 4.99 Å². The van der Waals surface area contributed by atoms with E-state index >= 15 is 0 Å². The van der Waals surface area contributed by atoms with E-state index in [1.54, 1.807) is 0 Å². The lowest BCUT2D eigenvalue weighted by Gasteiger charge is -2.09. The minimum Gasteiger partial charge on any atom is -0.300 e. The van der Waals surface area contributed by atoms with Crippen LogP contribution in [0, 0.1) is 10.1 Å². The van der Waals surface area contributed by atoms with Crippen molar-refractivity contribution in [2.75, 3.05) is 0 Å². The minimum atomic E-state index is -4.56. The topological polar surface area (TPSA) is 84.6 Å². The molecule has 0 saturated carbocycles. The van der Waals surface area contributed by atoms with Gasteiger partial charge in [0.2, 0.25) is 0 Å². The van der Waals surface area contributed by atoms with Gasteiger partial charge in [0.25, 0.3) is 11.6 Å². The maximum absolute atomic E-state index is 13.0. The molecule has 6 nitrogen and oxygen atoms in total. The molecule has 0 atom stereocenters. The van der Waals surface area contributed by atoms with Gasteiger partial charge in [-0.05, 0) is 47.7 Å². The Kier molecular flexibility index (Phi) is 5.00. The van der Waals surface area contributed by atoms with Gasteiger partial charge >= 0.3 is 6.18 Å². The number of hydrogen-bond acceptors (Lipinski definition) is 5. The summed E-state index contributed by atoms with van der Waals surface area (Å²) in [4.78, 5) is 26.2. The summed E-state index contributed by atoms with van der Waals surface area (Å²) in [5.41, 5.74) is -0.758. The number of nitro groups is 1. The summed E-state index contributed by atoms with van der Waals surface area (Å²) >= 11 is 0.888. The molecule has 0 radical (unpaired) electrons. The van der Waals surface area contributed by atoms with Crippen LogP contribution in [0.3, 0.4) is 0 Å². The zero-order valence-electron chi connectivity index (χ0n) is 13.4. The number of para-hydroxylation sites is 1. The second kappa shape index (κ2) is 7.23. The monoisotopic (exact) mass is 393 g/mol. The van der Waals surface area contributed by atoms with Crippen LogP contribution in [0.4, 0.5) is 24.5 Å². The third-order valence-corrected chi connectivity index (χ3v) is 4.39. The first kappa shape index (κ1) is 18.6. The summed E-state index contributed by atoms with van der Waals surface area (Å²) in [7, 11) is 0. The second-order valence-electron chi connectivity index (χ2n) is 5.35. The zero-order valence-corrected chi connectivity index (χ0v) is 14.2. The van der Waals surface area contributed by atoms with Crippen molar-refractivity contribution in [2.45, 2.75) is 6.18 Å². The van der Waals surface area contributed by atoms with Crippen molar-refractivity contribution < 1.29 is 22.9 Å². The van der Waals surface area contributed by atoms with E-state index < -0.39 is 22.6 Å². The molecular weight excluding hydrogens is 383 g/mol. The Hall–Kier alpha value is -3.14. The average Bonchev–Trinajstić information content (AvgIpc) is 2.94. The molecule has 1 N–H and O–H groups in total. The first-order valence-corrected chi connectivity index (χ1v) is 8.26. The highest BCUT2D eigenvalue weighted by atomic mass is 32.2. The lowest BCUT2D eigenvalue weighted by atomic mass is 10.2. The number of aliphatic imine (C=N–C) groups is 1. The Morgan fingerprint density at radius 2 is 1.78 bits per heavy atom. The predicted octanol–water partition coefficient (Wildman–Crippen LogP) is 4.51. The van der Waals surface area contributed by atoms with E-state index in [2.05, 4.69) is 10.3 Å². The number of alkyl halides is 3. The Balaban J connectivity index is 1.86. The zero-order chi connectivity index (χ0) is 19.6. The van der Waals surface area contributed by atoms with Gasteiger partial charge in [0.15, 0.2) is 5.17 Å². The van der Waals surface area contributed by atoms with Crippen LogP contribution in [0.5, 0.6) is 0 Å². The largest absolute Gasteiger partial charge is 0.418 e. The van der Waals surface area contributed by atoms with E-state index in [-0.39, 0.29) is 21.4 Å². The molecule has 0 bridgehead atoms. The van der Waals surface area contributed by atoms with Crippen LogP contribution >= 0.6 is 11.8 Å². The van der Waals surface area contributed by atoms with Gasteiger partial charge in [0.05, 0.1) is 21.1 Å². The number of nitrogens with one attached hydrogen (secondary N) is 1. The number of amidine groups is 1. The van der Waals surface area contributed by atoms with E-state index in [1.807, 2.05) is 0 Å². The summed E-state index contributed by atoms with van der Waals surface area (Å²) in [6.07, 6.45) is -3.09. The quantitative estimate of drug-likeness (QED) is 0.473. The third kappa shape index (κ3) is 4.34. The molecule has 0 spiro atoms. The molecule has 1 amide bonds. The van der Waals surface area contributed by atoms with Gasteiger partial charge in [-0.15, -0.1) is 0 Å². The van der Waals surface area contributed by atoms with Crippen molar-refractivity contribution in [3.05, 3.63) is 74.7 Å². The number of carbonyl (C=O) groups excluding carboxylic acids is 1. The maximum Gasteiger partial charge on any atom is 0.418 e. The standard InChI is InChI=1S/C17H10F3N3O3S/c18-17(19,20)12-3-1-2-4-13(12)21-16-22-15(24)14(27-16)9-10-5-7-11(8-6-10)23(25)26/h1-9H,(H,21,22,24)/b14-9-. The molecule has 2 aromatic carbocycles. The van der Waals surface area contributed by atoms with Crippen LogP contribution in [-0.4, -0.2) is 16.0 Å². The van der Waals surface area contributed by atoms with Gasteiger partial charge in [-0.25, -0.2) is 4.99 Å². The number of rotatable bonds is 3. The summed E-state index contributed by atoms with van der Waals surface area (Å²) in [5.74, 6) is -0.512. The normalized spacial score (nSPS) is 17.4. The van der Waals surface area contributed by atoms with E-state index in [0.29, 0.717) is 5.56 Å². The van der Waals surface area contributed by atoms with Crippen molar-refractivity contribution >= 4 is 40.3 Å². The second-order valence-corrected chi connectivity index (χ2v) is 6.38. The predicted molar refractivity (Wildman–Crippen MR) is 95.3 cm³/mol. The van der Waals surface area contributed by atoms with Crippen LogP contribution in [-0.2, 0) is 11.0 Å². The fraction of sp³-hybridized carbons (Fsp3) is 0.0588. The third-order valence-electron chi connectivity index (χ3n) is 3.48. The summed E-state index contributed by atoms with van der Waals surface area (Å²) in [6.45, 7) is 0. The minimum absolute atomic E-state index is 0.0184. The lowest BCUT2D eigenvalue weighted by molar-refractivity contribution is -0.384. The highest BCUT2D eigenvalue weighted by molar-refractivity contribution is 8.18. The van der Waals surface area contributed by atoms with Crippen LogP contribution in [0.15, 0.2) is 58.4 Å². The molecule has 138 valence electrons. The van der Waals surface area contributed by atoms with Gasteiger partial charge < -0.3 is 5.32 Å². The molecule has 0 aliphatic carbocycles. The summed E-state index contributed by atoms with van der Waals surface area (Å²) < 4.78 is 39.1. The van der Waals surface area contributed by atoms with Crippen molar-refractivity contribution in [1.29, 1.82) is 0 Å². The Morgan fingerprint density at radius 3 is 2.41 bits per heavy atom. The SMILES string of the molecule is O=C1NC(=Nc2ccccc2C(F)(F)F)S/C1=C\c1ccc([N+](=O)[O-])cc1. The lowest BCUT2D eigenvalue weighted by Crippen LogP contribution is -2.19. The number of thioether (sulfide) groups is 1. The first-order valence-electron chi connectivity index (χ1n) is 7.44. The smallest absolute Gasteiger partial charge is 0.300 e. The fourth-order valence-corrected chi connectivity index (χ4v) is 3.08. The van der Waals surface area contributed by atoms with Crippen molar-refractivity contribution in [1.82, 2.24) is 5.32 Å². The van der Waals surface area contributed by atoms with Crippen LogP contribution < -0.4 is 5.32 Å². The fourth-order valence-electron chi connectivity index (χ4n) is 2.24. The van der Waals surface area contributed by atoms with Crippen LogP contribution in [0.2, 0.25) is 0 Å². The highest BCUT2D eigenvalue weighted by Gasteiger charge is 2.34. The van der Waals surface area contributed by atoms with Crippen molar-refractivity contribution in [3.8, 4) is 0 Å². The molecule has 1 aliphatic heterocycles. The highest BCUT2D eigenvalue weighted by Crippen LogP contribution is 2.37. The van der Waals surface area contributed by atoms with Crippen LogP contribution in [0.1, 0.15) is 11.1 Å². The Morgan fingerprint density at radius 1 is 1.11 bits per heavy atom. The first-order chi connectivity index (χ1) is 12.7. The molecule has 27 heavy (non-hydrogen) atoms. The summed E-state index contributed by atoms with van der Waals surface area (Å²) in [6, 6.07) is 10.3. The van der Waals surface area contributed by atoms with Crippen molar-refractivity contribution in [3.63, 3.8) is 0 Å². The van der Waals surface area contributed by atoms with Gasteiger partial charge in [-0.1, -0.05) is 12.1 Å². The van der Waals surface area contributed by atoms with E-state index in [4.69, 9.17) is 0 Å². The number of non-ortho nitro benzene ring substituents is 1. The van der Waals surface area contributed by atoms with Gasteiger partial charge in [-0.2, -0.15) is 13.2 Å². The molecule has 0 unspecified atom stereocenters. The summed E-state index contributed by atoms with van der Waals surface area (Å²) in [5, 5.41) is 13.1. The van der Waals surface area contributed by atoms with E-state index in [1.165, 1.54) is 48.5 Å². The number of amides is 1. The van der Waals surface area contributed by atoms with Crippen LogP contribution in [0.25, 0.3) is 6.08 Å². The van der Waals surface area contributed by atoms with E-state index in [0.717, 1.165) is 17.8 Å². The number of nitro benzene ring substituents is 1. The number of hydrogen-bond donors (Lipinski definition) is 1. The van der Waals surface area contributed by atoms with Gasteiger partial charge in [0, 0.05) is 12.1 Å². The average molecular weight is 393 g/mol. The Bertz CT molecular complexity index is 969. The molecule has 1 fully saturated rings. The molecule has 10 heteroatoms. The molecule has 3 rings (SSSR count). The molecule has 2 aromatic rings. The van der Waals surface area contributed by atoms with E-state index in [9.17, 15) is 28.1 Å². The Labute approximate surface area is 154 Å². The van der Waals surface area contributed by atoms with Gasteiger partial charge in [0.1, 0.15) is 0 Å². The number of benzene rings is 2.